The molecule has 3 aromatic rings. The van der Waals surface area contributed by atoms with Gasteiger partial charge in [0.05, 0.1) is 29.6 Å². The summed E-state index contributed by atoms with van der Waals surface area (Å²) in [5.41, 5.74) is 1.82. The van der Waals surface area contributed by atoms with Gasteiger partial charge in [0, 0.05) is 30.8 Å². The molecule has 2 aromatic heterocycles. The predicted molar refractivity (Wildman–Crippen MR) is 132 cm³/mol. The van der Waals surface area contributed by atoms with Gasteiger partial charge in [-0.2, -0.15) is 5.10 Å². The molecule has 0 aliphatic heterocycles. The van der Waals surface area contributed by atoms with Crippen molar-refractivity contribution >= 4 is 29.0 Å². The van der Waals surface area contributed by atoms with E-state index in [1.807, 2.05) is 45.9 Å². The topological polar surface area (TPSA) is 123 Å². The zero-order valence-electron chi connectivity index (χ0n) is 20.4. The van der Waals surface area contributed by atoms with Crippen LogP contribution in [0.2, 0.25) is 0 Å². The number of anilines is 3. The van der Waals surface area contributed by atoms with Crippen LogP contribution in [0.4, 0.5) is 22.0 Å². The van der Waals surface area contributed by atoms with Gasteiger partial charge in [-0.15, -0.1) is 0 Å². The van der Waals surface area contributed by atoms with Gasteiger partial charge in [-0.1, -0.05) is 13.0 Å². The lowest BCUT2D eigenvalue weighted by molar-refractivity contribution is 0.0988. The summed E-state index contributed by atoms with van der Waals surface area (Å²) < 4.78 is 7.42. The average Bonchev–Trinajstić information content (AvgIpc) is 3.26. The van der Waals surface area contributed by atoms with Gasteiger partial charge in [0.25, 0.3) is 0 Å². The number of hydrogen-bond acceptors (Lipinski definition) is 7. The Kier molecular flexibility index (Phi) is 7.50. The number of pyridine rings is 1. The van der Waals surface area contributed by atoms with Crippen LogP contribution >= 0.6 is 0 Å². The molecule has 0 saturated heterocycles. The highest BCUT2D eigenvalue weighted by molar-refractivity contribution is 6.02. The molecule has 10 nitrogen and oxygen atoms in total. The first-order chi connectivity index (χ1) is 16.1. The van der Waals surface area contributed by atoms with E-state index >= 15 is 0 Å². The van der Waals surface area contributed by atoms with Crippen LogP contribution in [0.25, 0.3) is 11.4 Å². The van der Waals surface area contributed by atoms with Crippen LogP contribution in [0.1, 0.15) is 51.4 Å². The third-order valence-corrected chi connectivity index (χ3v) is 4.85. The molecule has 0 fully saturated rings. The molecule has 3 rings (SSSR count). The largest absolute Gasteiger partial charge is 0.494 e. The number of nitrogens with one attached hydrogen (secondary N) is 3. The number of nitrogens with zero attached hydrogens (tertiary/aromatic N) is 4. The number of amides is 2. The highest BCUT2D eigenvalue weighted by atomic mass is 16.5. The Labute approximate surface area is 199 Å². The van der Waals surface area contributed by atoms with Crippen LogP contribution in [0.15, 0.2) is 36.8 Å². The summed E-state index contributed by atoms with van der Waals surface area (Å²) in [7, 11) is 1.56. The Morgan fingerprint density at radius 2 is 1.88 bits per heavy atom. The van der Waals surface area contributed by atoms with Gasteiger partial charge in [0.15, 0.2) is 17.4 Å². The number of hydrogen-bond donors (Lipinski definition) is 3. The number of aryl methyl sites for hydroxylation is 1. The van der Waals surface area contributed by atoms with Gasteiger partial charge in [-0.05, 0) is 39.8 Å². The van der Waals surface area contributed by atoms with Crippen LogP contribution in [-0.2, 0) is 6.54 Å². The number of rotatable bonds is 8. The fraction of sp³-hybridized carbons (Fsp3) is 0.375. The smallest absolute Gasteiger partial charge is 0.320 e. The van der Waals surface area contributed by atoms with Crippen molar-refractivity contribution in [2.24, 2.45) is 0 Å². The number of methoxy groups -OCH3 is 1. The third-order valence-electron chi connectivity index (χ3n) is 4.85. The van der Waals surface area contributed by atoms with Crippen molar-refractivity contribution < 1.29 is 14.3 Å². The second-order valence-electron chi connectivity index (χ2n) is 8.66. The molecule has 0 radical (unpaired) electrons. The molecule has 0 spiro atoms. The van der Waals surface area contributed by atoms with E-state index in [1.54, 1.807) is 31.1 Å². The van der Waals surface area contributed by atoms with Crippen LogP contribution in [0.5, 0.6) is 5.75 Å². The Morgan fingerprint density at radius 1 is 1.12 bits per heavy atom. The molecule has 2 heterocycles. The van der Waals surface area contributed by atoms with E-state index in [1.165, 1.54) is 6.20 Å². The van der Waals surface area contributed by atoms with Crippen LogP contribution in [0, 0.1) is 0 Å². The lowest BCUT2D eigenvalue weighted by atomic mass is 10.1. The van der Waals surface area contributed by atoms with Crippen molar-refractivity contribution in [2.75, 3.05) is 17.7 Å². The van der Waals surface area contributed by atoms with Crippen molar-refractivity contribution in [3.05, 3.63) is 42.4 Å². The van der Waals surface area contributed by atoms with Crippen LogP contribution in [-0.4, -0.2) is 44.2 Å². The first-order valence-electron chi connectivity index (χ1n) is 11.1. The number of para-hydroxylation sites is 1. The van der Waals surface area contributed by atoms with Gasteiger partial charge in [0.2, 0.25) is 0 Å². The summed E-state index contributed by atoms with van der Waals surface area (Å²) in [6.07, 6.45) is 3.43. The number of benzene rings is 1. The first kappa shape index (κ1) is 24.7. The zero-order valence-corrected chi connectivity index (χ0v) is 20.4. The Balaban J connectivity index is 1.99. The molecule has 180 valence electrons. The van der Waals surface area contributed by atoms with Gasteiger partial charge in [-0.3, -0.25) is 14.8 Å². The van der Waals surface area contributed by atoms with Crippen molar-refractivity contribution in [1.82, 2.24) is 25.1 Å². The number of ketones is 1. The van der Waals surface area contributed by atoms with Gasteiger partial charge < -0.3 is 15.4 Å². The van der Waals surface area contributed by atoms with E-state index in [2.05, 4.69) is 31.0 Å². The summed E-state index contributed by atoms with van der Waals surface area (Å²) in [6, 6.07) is 6.79. The zero-order chi connectivity index (χ0) is 24.9. The molecule has 0 saturated carbocycles. The van der Waals surface area contributed by atoms with Gasteiger partial charge >= 0.3 is 6.03 Å². The molecular formula is C24H31N7O3. The molecule has 1 aromatic carbocycles. The highest BCUT2D eigenvalue weighted by Gasteiger charge is 2.19. The molecule has 0 bridgehead atoms. The summed E-state index contributed by atoms with van der Waals surface area (Å²) in [5.74, 6) is 1.28. The Hall–Kier alpha value is -3.95. The molecule has 2 amide bonds. The first-order valence-corrected chi connectivity index (χ1v) is 11.1. The number of ether oxygens (including phenoxy) is 1. The molecule has 3 N–H and O–H groups in total. The second-order valence-corrected chi connectivity index (χ2v) is 8.66. The predicted octanol–water partition coefficient (Wildman–Crippen LogP) is 4.62. The van der Waals surface area contributed by atoms with Crippen molar-refractivity contribution in [3.8, 4) is 17.1 Å². The maximum Gasteiger partial charge on any atom is 0.320 e. The second kappa shape index (κ2) is 10.3. The maximum absolute atomic E-state index is 12.6. The summed E-state index contributed by atoms with van der Waals surface area (Å²) in [4.78, 5) is 33.5. The minimum atomic E-state index is -0.407. The van der Waals surface area contributed by atoms with Crippen LogP contribution in [0.3, 0.4) is 0 Å². The molecule has 34 heavy (non-hydrogen) atoms. The lowest BCUT2D eigenvalue weighted by Gasteiger charge is -2.21. The molecule has 0 unspecified atom stereocenters. The van der Waals surface area contributed by atoms with E-state index in [0.29, 0.717) is 52.9 Å². The number of Topliss-reactive ketones (excluding diaryl/α,β-unsaturated/α-hetero) is 1. The van der Waals surface area contributed by atoms with Crippen molar-refractivity contribution in [2.45, 2.75) is 53.1 Å². The van der Waals surface area contributed by atoms with E-state index in [0.717, 1.165) is 0 Å². The normalized spacial score (nSPS) is 11.1. The maximum atomic E-state index is 12.6. The average molecular weight is 466 g/mol. The number of urea groups is 1. The molecule has 0 aliphatic rings. The fourth-order valence-electron chi connectivity index (χ4n) is 3.27. The van der Waals surface area contributed by atoms with E-state index in [-0.39, 0.29) is 5.78 Å². The molecule has 0 aliphatic carbocycles. The molecule has 10 heteroatoms. The van der Waals surface area contributed by atoms with Gasteiger partial charge in [0.1, 0.15) is 12.1 Å². The highest BCUT2D eigenvalue weighted by Crippen LogP contribution is 2.37. The number of aromatic nitrogens is 4. The molecule has 0 atom stereocenters. The van der Waals surface area contributed by atoms with Crippen molar-refractivity contribution in [1.29, 1.82) is 0 Å². The summed E-state index contributed by atoms with van der Waals surface area (Å²) in [6.45, 7) is 10.1. The summed E-state index contributed by atoms with van der Waals surface area (Å²) in [5, 5.41) is 13.3. The fourth-order valence-corrected chi connectivity index (χ4v) is 3.27. The molecular weight excluding hydrogens is 434 g/mol. The third kappa shape index (κ3) is 5.89. The Morgan fingerprint density at radius 3 is 2.50 bits per heavy atom. The Bertz CT molecular complexity index is 1180. The number of carbonyl (C=O) groups excluding carboxylic acids is 2. The lowest BCUT2D eigenvalue weighted by Crippen LogP contribution is -2.43. The number of carbonyl (C=O) groups is 2. The van der Waals surface area contributed by atoms with Gasteiger partial charge in [-0.25, -0.2) is 14.8 Å². The van der Waals surface area contributed by atoms with E-state index in [4.69, 9.17) is 4.74 Å². The standard InChI is InChI=1S/C24H31N7O3/c1-7-19(32)16-13-25-20(28-23(33)29-24(3,4)5)12-18(16)27-17-11-9-10-15(21(17)34-6)22-26-14-31(8-2)30-22/h9-14H,7-8H2,1-6H3,(H3,25,27,28,29,33). The SMILES string of the molecule is CCC(=O)c1cnc(NC(=O)NC(C)(C)C)cc1Nc1cccc(-c2ncn(CC)n2)c1OC. The monoisotopic (exact) mass is 465 g/mol. The quantitative estimate of drug-likeness (QED) is 0.415. The minimum Gasteiger partial charge on any atom is -0.494 e. The van der Waals surface area contributed by atoms with Crippen molar-refractivity contribution in [3.63, 3.8) is 0 Å². The van der Waals surface area contributed by atoms with E-state index < -0.39 is 11.6 Å². The van der Waals surface area contributed by atoms with Crippen LogP contribution < -0.4 is 20.7 Å². The van der Waals surface area contributed by atoms with E-state index in [9.17, 15) is 9.59 Å². The minimum absolute atomic E-state index is 0.0841. The summed E-state index contributed by atoms with van der Waals surface area (Å²) >= 11 is 0.